The Morgan fingerprint density at radius 1 is 1.32 bits per heavy atom. The molecule has 0 aromatic heterocycles. The van der Waals surface area contributed by atoms with E-state index in [1.807, 2.05) is 4.90 Å². The van der Waals surface area contributed by atoms with E-state index in [2.05, 4.69) is 24.1 Å². The number of nitrogens with zero attached hydrogens (tertiary/aromatic N) is 2. The molecule has 3 aliphatic heterocycles. The number of amides is 1. The fourth-order valence-corrected chi connectivity index (χ4v) is 3.90. The number of fused-ring (bicyclic) bond motifs is 1. The molecule has 1 N–H and O–H groups in total. The lowest BCUT2D eigenvalue weighted by Crippen LogP contribution is -2.52. The van der Waals surface area contributed by atoms with Gasteiger partial charge in [0.1, 0.15) is 0 Å². The van der Waals surface area contributed by atoms with Crippen molar-refractivity contribution in [2.24, 2.45) is 11.8 Å². The van der Waals surface area contributed by atoms with Gasteiger partial charge in [0.2, 0.25) is 5.91 Å². The average Bonchev–Trinajstić information content (AvgIpc) is 3.02. The Bertz CT molecular complexity index is 344. The van der Waals surface area contributed by atoms with E-state index in [1.54, 1.807) is 0 Å². The predicted octanol–water partition coefficient (Wildman–Crippen LogP) is -0.227. The topological polar surface area (TPSA) is 44.8 Å². The standard InChI is InChI=1S/C14H25N3O2/c1-10-13-8-15-7-12(13)9-17(10)11(2)14(18)16-3-5-19-6-4-16/h10-13,15H,3-9H2,1-2H3. The Morgan fingerprint density at radius 3 is 2.74 bits per heavy atom. The summed E-state index contributed by atoms with van der Waals surface area (Å²) in [4.78, 5) is 16.9. The van der Waals surface area contributed by atoms with Crippen LogP contribution in [0.3, 0.4) is 0 Å². The number of hydrogen-bond donors (Lipinski definition) is 1. The molecule has 108 valence electrons. The van der Waals surface area contributed by atoms with Crippen molar-refractivity contribution in [1.29, 1.82) is 0 Å². The van der Waals surface area contributed by atoms with Crippen molar-refractivity contribution >= 4 is 5.91 Å². The van der Waals surface area contributed by atoms with Crippen LogP contribution in [0.2, 0.25) is 0 Å². The molecule has 19 heavy (non-hydrogen) atoms. The van der Waals surface area contributed by atoms with Gasteiger partial charge in [0, 0.05) is 25.7 Å². The van der Waals surface area contributed by atoms with E-state index in [1.165, 1.54) is 0 Å². The fourth-order valence-electron chi connectivity index (χ4n) is 3.90. The molecular weight excluding hydrogens is 242 g/mol. The van der Waals surface area contributed by atoms with E-state index < -0.39 is 0 Å². The second-order valence-electron chi connectivity index (χ2n) is 6.13. The van der Waals surface area contributed by atoms with Gasteiger partial charge in [-0.3, -0.25) is 9.69 Å². The molecule has 1 amide bonds. The van der Waals surface area contributed by atoms with Crippen LogP contribution in [-0.2, 0) is 9.53 Å². The first-order valence-electron chi connectivity index (χ1n) is 7.51. The summed E-state index contributed by atoms with van der Waals surface area (Å²) in [5.41, 5.74) is 0. The van der Waals surface area contributed by atoms with Crippen molar-refractivity contribution in [3.05, 3.63) is 0 Å². The van der Waals surface area contributed by atoms with Gasteiger partial charge in [-0.15, -0.1) is 0 Å². The number of nitrogens with one attached hydrogen (secondary N) is 1. The van der Waals surface area contributed by atoms with E-state index in [-0.39, 0.29) is 11.9 Å². The minimum absolute atomic E-state index is 0.0127. The zero-order chi connectivity index (χ0) is 13.4. The third kappa shape index (κ3) is 2.39. The van der Waals surface area contributed by atoms with Crippen molar-refractivity contribution in [1.82, 2.24) is 15.1 Å². The van der Waals surface area contributed by atoms with Crippen LogP contribution in [-0.4, -0.2) is 73.7 Å². The maximum absolute atomic E-state index is 12.6. The molecule has 0 bridgehead atoms. The molecule has 0 spiro atoms. The summed E-state index contributed by atoms with van der Waals surface area (Å²) in [6, 6.07) is 0.527. The Balaban J connectivity index is 1.63. The number of hydrogen-bond acceptors (Lipinski definition) is 4. The first-order chi connectivity index (χ1) is 9.18. The van der Waals surface area contributed by atoms with Crippen LogP contribution in [0.1, 0.15) is 13.8 Å². The Morgan fingerprint density at radius 2 is 2.05 bits per heavy atom. The summed E-state index contributed by atoms with van der Waals surface area (Å²) in [6.45, 7) is 10.5. The fraction of sp³-hybridized carbons (Fsp3) is 0.929. The van der Waals surface area contributed by atoms with Crippen LogP contribution in [0.4, 0.5) is 0 Å². The molecule has 0 radical (unpaired) electrons. The van der Waals surface area contributed by atoms with Gasteiger partial charge in [-0.05, 0) is 38.8 Å². The summed E-state index contributed by atoms with van der Waals surface area (Å²) < 4.78 is 5.32. The highest BCUT2D eigenvalue weighted by molar-refractivity contribution is 5.81. The molecule has 0 aliphatic carbocycles. The second kappa shape index (κ2) is 5.38. The number of likely N-dealkylation sites (tertiary alicyclic amines) is 1. The van der Waals surface area contributed by atoms with Gasteiger partial charge in [-0.2, -0.15) is 0 Å². The van der Waals surface area contributed by atoms with Crippen LogP contribution in [0, 0.1) is 11.8 Å². The molecule has 0 saturated carbocycles. The van der Waals surface area contributed by atoms with Crippen LogP contribution in [0.25, 0.3) is 0 Å². The van der Waals surface area contributed by atoms with E-state index in [4.69, 9.17) is 4.74 Å². The van der Waals surface area contributed by atoms with Gasteiger partial charge >= 0.3 is 0 Å². The summed E-state index contributed by atoms with van der Waals surface area (Å²) in [5.74, 6) is 1.73. The SMILES string of the molecule is CC(C(=O)N1CCOCC1)N1CC2CNCC2C1C. The molecule has 5 heteroatoms. The molecular formula is C14H25N3O2. The zero-order valence-electron chi connectivity index (χ0n) is 12.0. The normalized spacial score (nSPS) is 37.4. The predicted molar refractivity (Wildman–Crippen MR) is 72.9 cm³/mol. The first kappa shape index (κ1) is 13.3. The van der Waals surface area contributed by atoms with E-state index >= 15 is 0 Å². The van der Waals surface area contributed by atoms with E-state index in [9.17, 15) is 4.79 Å². The highest BCUT2D eigenvalue weighted by Crippen LogP contribution is 2.33. The van der Waals surface area contributed by atoms with Crippen LogP contribution < -0.4 is 5.32 Å². The number of carbonyl (C=O) groups is 1. The molecule has 0 aromatic rings. The number of carbonyl (C=O) groups excluding carboxylic acids is 1. The van der Waals surface area contributed by atoms with Crippen molar-refractivity contribution in [2.45, 2.75) is 25.9 Å². The second-order valence-corrected chi connectivity index (χ2v) is 6.13. The quantitative estimate of drug-likeness (QED) is 0.751. The highest BCUT2D eigenvalue weighted by atomic mass is 16.5. The summed E-state index contributed by atoms with van der Waals surface area (Å²) in [6.07, 6.45) is 0. The molecule has 3 heterocycles. The minimum atomic E-state index is 0.0127. The Kier molecular flexibility index (Phi) is 3.78. The molecule has 4 unspecified atom stereocenters. The lowest BCUT2D eigenvalue weighted by molar-refractivity contribution is -0.140. The third-order valence-electron chi connectivity index (χ3n) is 5.16. The van der Waals surface area contributed by atoms with E-state index in [0.717, 1.165) is 44.6 Å². The van der Waals surface area contributed by atoms with Gasteiger partial charge in [0.15, 0.2) is 0 Å². The summed E-state index contributed by atoms with van der Waals surface area (Å²) in [5, 5.41) is 3.47. The van der Waals surface area contributed by atoms with Crippen molar-refractivity contribution in [2.75, 3.05) is 45.9 Å². The van der Waals surface area contributed by atoms with Crippen LogP contribution in [0.15, 0.2) is 0 Å². The Labute approximate surface area is 115 Å². The first-order valence-corrected chi connectivity index (χ1v) is 7.51. The molecule has 3 aliphatic rings. The number of rotatable bonds is 2. The van der Waals surface area contributed by atoms with Gasteiger partial charge in [-0.1, -0.05) is 0 Å². The van der Waals surface area contributed by atoms with Crippen molar-refractivity contribution < 1.29 is 9.53 Å². The monoisotopic (exact) mass is 267 g/mol. The molecule has 3 rings (SSSR count). The van der Waals surface area contributed by atoms with Crippen LogP contribution in [0.5, 0.6) is 0 Å². The zero-order valence-corrected chi connectivity index (χ0v) is 12.0. The summed E-state index contributed by atoms with van der Waals surface area (Å²) in [7, 11) is 0. The lowest BCUT2D eigenvalue weighted by atomic mass is 9.95. The highest BCUT2D eigenvalue weighted by Gasteiger charge is 2.45. The molecule has 3 fully saturated rings. The van der Waals surface area contributed by atoms with Crippen molar-refractivity contribution in [3.63, 3.8) is 0 Å². The average molecular weight is 267 g/mol. The smallest absolute Gasteiger partial charge is 0.239 e. The number of morpholine rings is 1. The molecule has 4 atom stereocenters. The molecule has 3 saturated heterocycles. The maximum atomic E-state index is 12.6. The largest absolute Gasteiger partial charge is 0.378 e. The van der Waals surface area contributed by atoms with Crippen LogP contribution >= 0.6 is 0 Å². The van der Waals surface area contributed by atoms with Crippen molar-refractivity contribution in [3.8, 4) is 0 Å². The number of ether oxygens (including phenoxy) is 1. The Hall–Kier alpha value is -0.650. The van der Waals surface area contributed by atoms with Gasteiger partial charge in [-0.25, -0.2) is 0 Å². The lowest BCUT2D eigenvalue weighted by Gasteiger charge is -2.35. The molecule has 0 aromatic carbocycles. The maximum Gasteiger partial charge on any atom is 0.239 e. The van der Waals surface area contributed by atoms with Gasteiger partial charge in [0.25, 0.3) is 0 Å². The third-order valence-corrected chi connectivity index (χ3v) is 5.16. The van der Waals surface area contributed by atoms with Gasteiger partial charge < -0.3 is 15.0 Å². The van der Waals surface area contributed by atoms with E-state index in [0.29, 0.717) is 19.3 Å². The summed E-state index contributed by atoms with van der Waals surface area (Å²) >= 11 is 0. The van der Waals surface area contributed by atoms with Gasteiger partial charge in [0.05, 0.1) is 19.3 Å². The molecule has 5 nitrogen and oxygen atoms in total. The minimum Gasteiger partial charge on any atom is -0.378 e.